The van der Waals surface area contributed by atoms with E-state index in [1.54, 1.807) is 29.2 Å². The molecule has 1 atom stereocenters. The summed E-state index contributed by atoms with van der Waals surface area (Å²) in [6, 6.07) is 10.7. The van der Waals surface area contributed by atoms with E-state index in [9.17, 15) is 9.59 Å². The first-order valence-electron chi connectivity index (χ1n) is 8.78. The Kier molecular flexibility index (Phi) is 4.66. The molecule has 1 N–H and O–H groups in total. The van der Waals surface area contributed by atoms with Gasteiger partial charge < -0.3 is 19.7 Å². The molecule has 4 rings (SSSR count). The second-order valence-corrected chi connectivity index (χ2v) is 7.09. The lowest BCUT2D eigenvalue weighted by molar-refractivity contribution is -0.122. The van der Waals surface area contributed by atoms with Crippen molar-refractivity contribution in [1.29, 1.82) is 0 Å². The van der Waals surface area contributed by atoms with Gasteiger partial charge in [-0.3, -0.25) is 9.59 Å². The SMILES string of the molecule is Cc1ccc(NC(=O)C2CC(=O)N(c3ccc4c(c3)OCCO4)C2)cc1Cl. The predicted octanol–water partition coefficient (Wildman–Crippen LogP) is 3.41. The van der Waals surface area contributed by atoms with Crippen LogP contribution in [0.25, 0.3) is 0 Å². The summed E-state index contributed by atoms with van der Waals surface area (Å²) in [7, 11) is 0. The standard InChI is InChI=1S/C20H19ClN2O4/c1-12-2-3-14(9-16(12)21)22-20(25)13-8-19(24)23(11-13)15-4-5-17-18(10-15)27-7-6-26-17/h2-5,9-10,13H,6-8,11H2,1H3,(H,22,25). The Bertz CT molecular complexity index is 915. The molecule has 0 spiro atoms. The maximum atomic E-state index is 12.6. The van der Waals surface area contributed by atoms with Crippen molar-refractivity contribution in [1.82, 2.24) is 0 Å². The first kappa shape index (κ1) is 17.7. The van der Waals surface area contributed by atoms with Crippen LogP contribution in [0, 0.1) is 12.8 Å². The molecule has 27 heavy (non-hydrogen) atoms. The minimum atomic E-state index is -0.425. The number of carbonyl (C=O) groups is 2. The number of hydrogen-bond donors (Lipinski definition) is 1. The quantitative estimate of drug-likeness (QED) is 0.877. The number of aryl methyl sites for hydroxylation is 1. The molecule has 0 aromatic heterocycles. The van der Waals surface area contributed by atoms with E-state index in [2.05, 4.69) is 5.32 Å². The Morgan fingerprint density at radius 2 is 1.93 bits per heavy atom. The van der Waals surface area contributed by atoms with Gasteiger partial charge in [0, 0.05) is 35.4 Å². The molecule has 0 aliphatic carbocycles. The van der Waals surface area contributed by atoms with Gasteiger partial charge in [-0.15, -0.1) is 0 Å². The van der Waals surface area contributed by atoms with Crippen molar-refractivity contribution in [3.05, 3.63) is 47.0 Å². The van der Waals surface area contributed by atoms with E-state index in [1.807, 2.05) is 19.1 Å². The summed E-state index contributed by atoms with van der Waals surface area (Å²) in [6.07, 6.45) is 0.167. The fourth-order valence-electron chi connectivity index (χ4n) is 3.25. The number of hydrogen-bond acceptors (Lipinski definition) is 4. The zero-order chi connectivity index (χ0) is 19.0. The molecule has 2 aliphatic heterocycles. The molecule has 140 valence electrons. The monoisotopic (exact) mass is 386 g/mol. The second-order valence-electron chi connectivity index (χ2n) is 6.69. The van der Waals surface area contributed by atoms with Crippen molar-refractivity contribution < 1.29 is 19.1 Å². The Hall–Kier alpha value is -2.73. The van der Waals surface area contributed by atoms with Gasteiger partial charge in [0.2, 0.25) is 11.8 Å². The van der Waals surface area contributed by atoms with Gasteiger partial charge in [0.05, 0.1) is 5.92 Å². The number of ether oxygens (including phenoxy) is 2. The maximum absolute atomic E-state index is 12.6. The number of nitrogens with one attached hydrogen (secondary N) is 1. The van der Waals surface area contributed by atoms with Crippen molar-refractivity contribution in [3.8, 4) is 11.5 Å². The number of carbonyl (C=O) groups excluding carboxylic acids is 2. The summed E-state index contributed by atoms with van der Waals surface area (Å²) in [4.78, 5) is 26.7. The molecule has 0 saturated carbocycles. The number of rotatable bonds is 3. The minimum Gasteiger partial charge on any atom is -0.486 e. The predicted molar refractivity (Wildman–Crippen MR) is 103 cm³/mol. The molecule has 2 amide bonds. The summed E-state index contributed by atoms with van der Waals surface area (Å²) in [5.41, 5.74) is 2.27. The topological polar surface area (TPSA) is 67.9 Å². The van der Waals surface area contributed by atoms with Crippen molar-refractivity contribution in [2.45, 2.75) is 13.3 Å². The number of anilines is 2. The minimum absolute atomic E-state index is 0.0891. The van der Waals surface area contributed by atoms with E-state index >= 15 is 0 Å². The molecule has 0 radical (unpaired) electrons. The smallest absolute Gasteiger partial charge is 0.229 e. The molecule has 1 unspecified atom stereocenters. The van der Waals surface area contributed by atoms with E-state index in [-0.39, 0.29) is 18.2 Å². The first-order valence-corrected chi connectivity index (χ1v) is 9.16. The molecule has 2 aromatic rings. The molecule has 1 saturated heterocycles. The highest BCUT2D eigenvalue weighted by molar-refractivity contribution is 6.31. The van der Waals surface area contributed by atoms with Crippen LogP contribution in [0.5, 0.6) is 11.5 Å². The third-order valence-corrected chi connectivity index (χ3v) is 5.18. The second kappa shape index (κ2) is 7.12. The van der Waals surface area contributed by atoms with E-state index < -0.39 is 5.92 Å². The lowest BCUT2D eigenvalue weighted by Gasteiger charge is -2.22. The largest absolute Gasteiger partial charge is 0.486 e. The van der Waals surface area contributed by atoms with Gasteiger partial charge in [-0.05, 0) is 36.8 Å². The van der Waals surface area contributed by atoms with Crippen LogP contribution < -0.4 is 19.7 Å². The number of amides is 2. The van der Waals surface area contributed by atoms with E-state index in [4.69, 9.17) is 21.1 Å². The Morgan fingerprint density at radius 1 is 1.15 bits per heavy atom. The van der Waals surface area contributed by atoms with Gasteiger partial charge in [0.15, 0.2) is 11.5 Å². The zero-order valence-electron chi connectivity index (χ0n) is 14.8. The lowest BCUT2D eigenvalue weighted by atomic mass is 10.1. The molecule has 1 fully saturated rings. The van der Waals surface area contributed by atoms with Gasteiger partial charge in [-0.25, -0.2) is 0 Å². The normalized spacial score (nSPS) is 18.5. The number of halogens is 1. The van der Waals surface area contributed by atoms with Crippen molar-refractivity contribution in [2.75, 3.05) is 30.0 Å². The van der Waals surface area contributed by atoms with Crippen LogP contribution in [0.2, 0.25) is 5.02 Å². The number of nitrogens with zero attached hydrogens (tertiary/aromatic N) is 1. The van der Waals surface area contributed by atoms with Crippen molar-refractivity contribution in [3.63, 3.8) is 0 Å². The van der Waals surface area contributed by atoms with Crippen LogP contribution in [0.15, 0.2) is 36.4 Å². The van der Waals surface area contributed by atoms with Crippen molar-refractivity contribution >= 4 is 34.8 Å². The molecule has 6 nitrogen and oxygen atoms in total. The lowest BCUT2D eigenvalue weighted by Crippen LogP contribution is -2.28. The summed E-state index contributed by atoms with van der Waals surface area (Å²) < 4.78 is 11.1. The van der Waals surface area contributed by atoms with Crippen molar-refractivity contribution in [2.24, 2.45) is 5.92 Å². The van der Waals surface area contributed by atoms with Gasteiger partial charge in [0.25, 0.3) is 0 Å². The summed E-state index contributed by atoms with van der Waals surface area (Å²) in [5, 5.41) is 3.44. The first-order chi connectivity index (χ1) is 13.0. The molecule has 0 bridgehead atoms. The fourth-order valence-corrected chi connectivity index (χ4v) is 3.43. The summed E-state index contributed by atoms with van der Waals surface area (Å²) >= 11 is 6.11. The molecular weight excluding hydrogens is 368 g/mol. The Labute approximate surface area is 162 Å². The highest BCUT2D eigenvalue weighted by atomic mass is 35.5. The van der Waals surface area contributed by atoms with Crippen LogP contribution in [-0.4, -0.2) is 31.6 Å². The summed E-state index contributed by atoms with van der Waals surface area (Å²) in [6.45, 7) is 3.22. The average molecular weight is 387 g/mol. The third-order valence-electron chi connectivity index (χ3n) is 4.77. The van der Waals surface area contributed by atoms with E-state index in [0.717, 1.165) is 5.56 Å². The average Bonchev–Trinajstić information content (AvgIpc) is 3.06. The molecule has 2 aliphatic rings. The molecule has 2 heterocycles. The number of fused-ring (bicyclic) bond motifs is 1. The highest BCUT2D eigenvalue weighted by Crippen LogP contribution is 2.36. The van der Waals surface area contributed by atoms with Crippen LogP contribution in [0.1, 0.15) is 12.0 Å². The Morgan fingerprint density at radius 3 is 2.70 bits per heavy atom. The van der Waals surface area contributed by atoms with Crippen LogP contribution in [0.3, 0.4) is 0 Å². The number of benzene rings is 2. The zero-order valence-corrected chi connectivity index (χ0v) is 15.6. The van der Waals surface area contributed by atoms with Crippen LogP contribution in [0.4, 0.5) is 11.4 Å². The Balaban J connectivity index is 1.47. The van der Waals surface area contributed by atoms with E-state index in [1.165, 1.54) is 0 Å². The van der Waals surface area contributed by atoms with Gasteiger partial charge in [0.1, 0.15) is 13.2 Å². The highest BCUT2D eigenvalue weighted by Gasteiger charge is 2.35. The summed E-state index contributed by atoms with van der Waals surface area (Å²) in [5.74, 6) is 0.582. The molecule has 2 aromatic carbocycles. The van der Waals surface area contributed by atoms with E-state index in [0.29, 0.717) is 47.7 Å². The third kappa shape index (κ3) is 3.57. The van der Waals surface area contributed by atoms with Gasteiger partial charge >= 0.3 is 0 Å². The molecular formula is C20H19ClN2O4. The van der Waals surface area contributed by atoms with Crippen LogP contribution >= 0.6 is 11.6 Å². The molecule has 7 heteroatoms. The fraction of sp³-hybridized carbons (Fsp3) is 0.300. The van der Waals surface area contributed by atoms with Gasteiger partial charge in [-0.2, -0.15) is 0 Å². The van der Waals surface area contributed by atoms with Gasteiger partial charge in [-0.1, -0.05) is 17.7 Å². The maximum Gasteiger partial charge on any atom is 0.229 e. The van der Waals surface area contributed by atoms with Crippen LogP contribution in [-0.2, 0) is 9.59 Å².